The van der Waals surface area contributed by atoms with Crippen molar-refractivity contribution in [2.45, 2.75) is 6.92 Å². The predicted molar refractivity (Wildman–Crippen MR) is 74.2 cm³/mol. The van der Waals surface area contributed by atoms with E-state index in [0.29, 0.717) is 5.56 Å². The Morgan fingerprint density at radius 3 is 2.42 bits per heavy atom. The fraction of sp³-hybridized carbons (Fsp3) is 0.0909. The first-order valence-electron chi connectivity index (χ1n) is 5.02. The van der Waals surface area contributed by atoms with Crippen molar-refractivity contribution in [1.29, 1.82) is 0 Å². The topological polar surface area (TPSA) is 73.1 Å². The van der Waals surface area contributed by atoms with E-state index < -0.39 is 10.7 Å². The van der Waals surface area contributed by atoms with Gasteiger partial charge >= 0.3 is 5.82 Å². The second-order valence-electron chi connectivity index (χ2n) is 3.58. The highest BCUT2D eigenvalue weighted by Gasteiger charge is 2.28. The summed E-state index contributed by atoms with van der Waals surface area (Å²) in [6.07, 6.45) is 0. The normalized spacial score (nSPS) is 10.5. The molecule has 0 atom stereocenters. The van der Waals surface area contributed by atoms with Crippen LogP contribution in [-0.2, 0) is 0 Å². The van der Waals surface area contributed by atoms with E-state index in [1.54, 1.807) is 18.2 Å². The van der Waals surface area contributed by atoms with Gasteiger partial charge in [-0.05, 0) is 22.0 Å². The Balaban J connectivity index is 2.74. The summed E-state index contributed by atoms with van der Waals surface area (Å²) >= 11 is 12.9. The van der Waals surface area contributed by atoms with Gasteiger partial charge < -0.3 is 10.1 Å². The first kappa shape index (κ1) is 13.9. The first-order valence-corrected chi connectivity index (χ1v) is 6.59. The maximum absolute atomic E-state index is 11.3. The number of nitro groups is 1. The van der Waals surface area contributed by atoms with E-state index >= 15 is 0 Å². The molecule has 0 saturated heterocycles. The number of thiazole rings is 1. The molecule has 0 unspecified atom stereocenters. The zero-order valence-corrected chi connectivity index (χ0v) is 11.8. The van der Waals surface area contributed by atoms with Crippen molar-refractivity contribution in [3.05, 3.63) is 43.4 Å². The number of ketones is 1. The minimum Gasteiger partial charge on any atom is -0.358 e. The van der Waals surface area contributed by atoms with Gasteiger partial charge in [0.1, 0.15) is 4.88 Å². The summed E-state index contributed by atoms with van der Waals surface area (Å²) in [6, 6.07) is 4.77. The molecule has 98 valence electrons. The number of hydrogen-bond acceptors (Lipinski definition) is 5. The van der Waals surface area contributed by atoms with Crippen molar-refractivity contribution < 1.29 is 9.72 Å². The quantitative estimate of drug-likeness (QED) is 0.482. The van der Waals surface area contributed by atoms with Crippen molar-refractivity contribution in [3.8, 4) is 10.4 Å². The van der Waals surface area contributed by atoms with E-state index in [1.165, 1.54) is 6.92 Å². The second-order valence-corrected chi connectivity index (χ2v) is 5.40. The van der Waals surface area contributed by atoms with Gasteiger partial charge in [-0.15, -0.1) is 0 Å². The Kier molecular flexibility index (Phi) is 3.84. The molecule has 0 saturated carbocycles. The summed E-state index contributed by atoms with van der Waals surface area (Å²) in [5.74, 6) is -0.757. The summed E-state index contributed by atoms with van der Waals surface area (Å²) in [6.45, 7) is 1.29. The molecule has 0 amide bonds. The van der Waals surface area contributed by atoms with Gasteiger partial charge in [0.05, 0.1) is 10.0 Å². The van der Waals surface area contributed by atoms with Crippen LogP contribution in [0.2, 0.25) is 10.0 Å². The van der Waals surface area contributed by atoms with Gasteiger partial charge in [-0.1, -0.05) is 40.6 Å². The number of benzene rings is 1. The average Bonchev–Trinajstić information content (AvgIpc) is 2.73. The van der Waals surface area contributed by atoms with Crippen molar-refractivity contribution in [1.82, 2.24) is 4.98 Å². The molecule has 8 heteroatoms. The Bertz CT molecular complexity index is 664. The summed E-state index contributed by atoms with van der Waals surface area (Å²) in [7, 11) is 0. The fourth-order valence-electron chi connectivity index (χ4n) is 1.46. The maximum atomic E-state index is 11.3. The first-order chi connectivity index (χ1) is 8.91. The molecule has 1 aromatic heterocycles. The van der Waals surface area contributed by atoms with Crippen LogP contribution in [0.4, 0.5) is 5.82 Å². The van der Waals surface area contributed by atoms with Crippen LogP contribution in [0.25, 0.3) is 10.4 Å². The van der Waals surface area contributed by atoms with E-state index in [1.807, 2.05) is 0 Å². The minimum atomic E-state index is -0.655. The van der Waals surface area contributed by atoms with Gasteiger partial charge in [-0.25, -0.2) is 0 Å². The molecule has 2 rings (SSSR count). The summed E-state index contributed by atoms with van der Waals surface area (Å²) < 4.78 is 0. The van der Waals surface area contributed by atoms with Crippen LogP contribution in [0.3, 0.4) is 0 Å². The maximum Gasteiger partial charge on any atom is 0.383 e. The monoisotopic (exact) mass is 316 g/mol. The molecule has 0 N–H and O–H groups in total. The number of aromatic nitrogens is 1. The molecule has 0 spiro atoms. The summed E-state index contributed by atoms with van der Waals surface area (Å²) in [4.78, 5) is 25.6. The lowest BCUT2D eigenvalue weighted by molar-refractivity contribution is -0.388. The third-order valence-electron chi connectivity index (χ3n) is 2.27. The SMILES string of the molecule is CC(=O)c1nc([N+](=O)[O-])c(-c2c(Cl)cccc2Cl)s1. The van der Waals surface area contributed by atoms with Crippen molar-refractivity contribution in [3.63, 3.8) is 0 Å². The number of Topliss-reactive ketones (excluding diaryl/α,β-unsaturated/α-hetero) is 1. The van der Waals surface area contributed by atoms with E-state index in [4.69, 9.17) is 23.2 Å². The Morgan fingerprint density at radius 2 is 1.95 bits per heavy atom. The van der Waals surface area contributed by atoms with Crippen LogP contribution in [0.5, 0.6) is 0 Å². The molecule has 0 radical (unpaired) electrons. The number of nitrogens with zero attached hydrogens (tertiary/aromatic N) is 2. The van der Waals surface area contributed by atoms with Crippen LogP contribution in [0, 0.1) is 10.1 Å². The lowest BCUT2D eigenvalue weighted by atomic mass is 10.2. The van der Waals surface area contributed by atoms with Gasteiger partial charge in [-0.3, -0.25) is 4.79 Å². The molecule has 2 aromatic rings. The number of carbonyl (C=O) groups excluding carboxylic acids is 1. The second kappa shape index (κ2) is 5.24. The molecular weight excluding hydrogens is 311 g/mol. The molecule has 1 aromatic carbocycles. The fourth-order valence-corrected chi connectivity index (χ4v) is 3.17. The number of rotatable bonds is 3. The van der Waals surface area contributed by atoms with Crippen LogP contribution in [0.1, 0.15) is 16.7 Å². The number of hydrogen-bond donors (Lipinski definition) is 0. The van der Waals surface area contributed by atoms with E-state index in [-0.39, 0.29) is 25.7 Å². The van der Waals surface area contributed by atoms with E-state index in [0.717, 1.165) is 11.3 Å². The largest absolute Gasteiger partial charge is 0.383 e. The number of halogens is 2. The molecular formula is C11H6Cl2N2O3S. The van der Waals surface area contributed by atoms with Gasteiger partial charge in [0, 0.05) is 12.5 Å². The summed E-state index contributed by atoms with van der Waals surface area (Å²) in [5.41, 5.74) is 0.322. The summed E-state index contributed by atoms with van der Waals surface area (Å²) in [5, 5.41) is 11.6. The zero-order valence-electron chi connectivity index (χ0n) is 9.52. The molecule has 0 aliphatic rings. The van der Waals surface area contributed by atoms with Crippen molar-refractivity contribution in [2.24, 2.45) is 0 Å². The van der Waals surface area contributed by atoms with Crippen LogP contribution >= 0.6 is 34.5 Å². The van der Waals surface area contributed by atoms with Gasteiger partial charge in [0.25, 0.3) is 5.01 Å². The number of carbonyl (C=O) groups is 1. The van der Waals surface area contributed by atoms with Crippen LogP contribution in [0.15, 0.2) is 18.2 Å². The lowest BCUT2D eigenvalue weighted by Gasteiger charge is -2.03. The third kappa shape index (κ3) is 2.60. The van der Waals surface area contributed by atoms with Crippen LogP contribution in [-0.4, -0.2) is 15.7 Å². The highest BCUT2D eigenvalue weighted by molar-refractivity contribution is 7.17. The van der Waals surface area contributed by atoms with Gasteiger partial charge in [0.2, 0.25) is 5.78 Å². The lowest BCUT2D eigenvalue weighted by Crippen LogP contribution is -1.93. The van der Waals surface area contributed by atoms with Crippen molar-refractivity contribution in [2.75, 3.05) is 0 Å². The van der Waals surface area contributed by atoms with Crippen LogP contribution < -0.4 is 0 Å². The Labute approximate surface area is 121 Å². The minimum absolute atomic E-state index is 0.0534. The van der Waals surface area contributed by atoms with Crippen molar-refractivity contribution >= 4 is 46.1 Å². The molecule has 0 fully saturated rings. The molecule has 5 nitrogen and oxygen atoms in total. The highest BCUT2D eigenvalue weighted by atomic mass is 35.5. The molecule has 0 bridgehead atoms. The van der Waals surface area contributed by atoms with E-state index in [2.05, 4.69) is 4.98 Å². The zero-order chi connectivity index (χ0) is 14.2. The average molecular weight is 317 g/mol. The predicted octanol–water partition coefficient (Wildman–Crippen LogP) is 4.23. The molecule has 1 heterocycles. The van der Waals surface area contributed by atoms with E-state index in [9.17, 15) is 14.9 Å². The van der Waals surface area contributed by atoms with Gasteiger partial charge in [-0.2, -0.15) is 0 Å². The standard InChI is InChI=1S/C11H6Cl2N2O3S/c1-5(16)11-14-10(15(17)18)9(19-11)8-6(12)3-2-4-7(8)13/h2-4H,1H3. The third-order valence-corrected chi connectivity index (χ3v) is 4.07. The smallest absolute Gasteiger partial charge is 0.358 e. The molecule has 19 heavy (non-hydrogen) atoms. The van der Waals surface area contributed by atoms with Gasteiger partial charge in [0.15, 0.2) is 0 Å². The Morgan fingerprint density at radius 1 is 1.37 bits per heavy atom. The molecule has 0 aliphatic carbocycles. The highest BCUT2D eigenvalue weighted by Crippen LogP contribution is 2.42. The molecule has 0 aliphatic heterocycles. The Hall–Kier alpha value is -1.50.